The van der Waals surface area contributed by atoms with Gasteiger partial charge in [0.1, 0.15) is 0 Å². The lowest BCUT2D eigenvalue weighted by molar-refractivity contribution is -0.143. The van der Waals surface area contributed by atoms with Gasteiger partial charge in [-0.15, -0.1) is 11.8 Å². The molecule has 0 aliphatic carbocycles. The molecule has 0 bridgehead atoms. The molecule has 0 aromatic carbocycles. The number of ether oxygens (including phenoxy) is 1. The lowest BCUT2D eigenvalue weighted by Gasteiger charge is -1.99. The summed E-state index contributed by atoms with van der Waals surface area (Å²) in [6.45, 7) is 2.38. The quantitative estimate of drug-likeness (QED) is 0.536. The molecule has 0 heterocycles. The van der Waals surface area contributed by atoms with Crippen LogP contribution in [-0.2, 0) is 14.3 Å². The normalized spacial score (nSPS) is 8.87. The molecule has 0 rings (SSSR count). The second-order valence-corrected chi connectivity index (χ2v) is 2.97. The van der Waals surface area contributed by atoms with Crippen LogP contribution in [0.5, 0.6) is 0 Å². The van der Waals surface area contributed by atoms with Crippen LogP contribution in [-0.4, -0.2) is 23.7 Å². The molecule has 0 aromatic heterocycles. The van der Waals surface area contributed by atoms with Crippen LogP contribution in [0.1, 0.15) is 39.0 Å². The first-order chi connectivity index (χ1) is 7.16. The molecule has 4 heteroatoms. The first-order valence-electron chi connectivity index (χ1n) is 5.00. The monoisotopic (exact) mass is 212 g/mol. The summed E-state index contributed by atoms with van der Waals surface area (Å²) in [7, 11) is 0. The summed E-state index contributed by atoms with van der Waals surface area (Å²) in [4.78, 5) is 21.1. The maximum atomic E-state index is 11.0. The number of aliphatic carboxylic acids is 1. The number of hydrogen-bond acceptors (Lipinski definition) is 3. The summed E-state index contributed by atoms with van der Waals surface area (Å²) >= 11 is 0. The number of carbonyl (C=O) groups is 2. The van der Waals surface area contributed by atoms with E-state index in [1.54, 1.807) is 0 Å². The van der Waals surface area contributed by atoms with Crippen molar-refractivity contribution in [2.75, 3.05) is 6.61 Å². The number of rotatable bonds is 6. The standard InChI is InChI=1S/C11H16O4/c1-2-9-15-11(14)8-6-4-3-5-7-10(12)13/h2,5-9H2,1H3,(H,12,13). The Morgan fingerprint density at radius 1 is 1.20 bits per heavy atom. The molecule has 0 aliphatic rings. The topological polar surface area (TPSA) is 63.6 Å². The van der Waals surface area contributed by atoms with Gasteiger partial charge < -0.3 is 9.84 Å². The molecule has 0 aliphatic heterocycles. The van der Waals surface area contributed by atoms with Crippen molar-refractivity contribution in [2.24, 2.45) is 0 Å². The van der Waals surface area contributed by atoms with E-state index in [2.05, 4.69) is 11.8 Å². The van der Waals surface area contributed by atoms with E-state index in [9.17, 15) is 9.59 Å². The third-order valence-electron chi connectivity index (χ3n) is 1.51. The van der Waals surface area contributed by atoms with Gasteiger partial charge in [-0.3, -0.25) is 9.59 Å². The summed E-state index contributed by atoms with van der Waals surface area (Å²) in [6, 6.07) is 0. The average molecular weight is 212 g/mol. The number of esters is 1. The summed E-state index contributed by atoms with van der Waals surface area (Å²) in [6.07, 6.45) is 1.91. The molecule has 15 heavy (non-hydrogen) atoms. The fraction of sp³-hybridized carbons (Fsp3) is 0.636. The molecule has 0 radical (unpaired) electrons. The van der Waals surface area contributed by atoms with Crippen molar-refractivity contribution in [1.29, 1.82) is 0 Å². The average Bonchev–Trinajstić information content (AvgIpc) is 2.19. The summed E-state index contributed by atoms with van der Waals surface area (Å²) in [5, 5.41) is 8.31. The fourth-order valence-electron chi connectivity index (χ4n) is 0.799. The minimum absolute atomic E-state index is 0.0489. The molecule has 0 saturated carbocycles. The van der Waals surface area contributed by atoms with E-state index in [1.807, 2.05) is 6.92 Å². The van der Waals surface area contributed by atoms with Crippen LogP contribution >= 0.6 is 0 Å². The predicted molar refractivity (Wildman–Crippen MR) is 55.1 cm³/mol. The second kappa shape index (κ2) is 9.07. The van der Waals surface area contributed by atoms with Crippen LogP contribution < -0.4 is 0 Å². The van der Waals surface area contributed by atoms with E-state index in [0.717, 1.165) is 6.42 Å². The third-order valence-corrected chi connectivity index (χ3v) is 1.51. The summed E-state index contributed by atoms with van der Waals surface area (Å²) in [5.41, 5.74) is 0. The second-order valence-electron chi connectivity index (χ2n) is 2.97. The Hall–Kier alpha value is -1.50. The van der Waals surface area contributed by atoms with Crippen molar-refractivity contribution < 1.29 is 19.4 Å². The van der Waals surface area contributed by atoms with Crippen LogP contribution in [0.15, 0.2) is 0 Å². The lowest BCUT2D eigenvalue weighted by atomic mass is 10.2. The largest absolute Gasteiger partial charge is 0.481 e. The van der Waals surface area contributed by atoms with Crippen LogP contribution in [0.25, 0.3) is 0 Å². The van der Waals surface area contributed by atoms with E-state index >= 15 is 0 Å². The molecule has 84 valence electrons. The molecule has 0 fully saturated rings. The summed E-state index contributed by atoms with van der Waals surface area (Å²) < 4.78 is 4.84. The Kier molecular flexibility index (Phi) is 8.16. The van der Waals surface area contributed by atoms with Gasteiger partial charge in [-0.1, -0.05) is 6.92 Å². The minimum atomic E-state index is -0.855. The van der Waals surface area contributed by atoms with Gasteiger partial charge in [0.15, 0.2) is 0 Å². The van der Waals surface area contributed by atoms with E-state index in [4.69, 9.17) is 9.84 Å². The minimum Gasteiger partial charge on any atom is -0.481 e. The first kappa shape index (κ1) is 13.5. The highest BCUT2D eigenvalue weighted by Gasteiger charge is 1.99. The van der Waals surface area contributed by atoms with Crippen molar-refractivity contribution in [3.05, 3.63) is 0 Å². The zero-order valence-corrected chi connectivity index (χ0v) is 8.91. The van der Waals surface area contributed by atoms with Gasteiger partial charge in [0.05, 0.1) is 19.4 Å². The molecule has 0 aromatic rings. The predicted octanol–water partition coefficient (Wildman–Crippen LogP) is 1.59. The van der Waals surface area contributed by atoms with Gasteiger partial charge in [-0.2, -0.15) is 0 Å². The van der Waals surface area contributed by atoms with Gasteiger partial charge in [-0.25, -0.2) is 0 Å². The Labute approximate surface area is 89.6 Å². The van der Waals surface area contributed by atoms with E-state index in [-0.39, 0.29) is 18.8 Å². The van der Waals surface area contributed by atoms with Crippen molar-refractivity contribution in [2.45, 2.75) is 39.0 Å². The van der Waals surface area contributed by atoms with Gasteiger partial charge in [0.25, 0.3) is 0 Å². The SMILES string of the molecule is CCCOC(=O)CCC#CCCC(=O)O. The molecule has 0 atom stereocenters. The highest BCUT2D eigenvalue weighted by Crippen LogP contribution is 1.93. The maximum absolute atomic E-state index is 11.0. The molecule has 1 N–H and O–H groups in total. The smallest absolute Gasteiger partial charge is 0.306 e. The van der Waals surface area contributed by atoms with Crippen LogP contribution in [0, 0.1) is 11.8 Å². The summed E-state index contributed by atoms with van der Waals surface area (Å²) in [5.74, 6) is 4.32. The number of carbonyl (C=O) groups excluding carboxylic acids is 1. The van der Waals surface area contributed by atoms with Crippen molar-refractivity contribution in [3.63, 3.8) is 0 Å². The van der Waals surface area contributed by atoms with Gasteiger partial charge in [-0.05, 0) is 6.42 Å². The zero-order chi connectivity index (χ0) is 11.5. The van der Waals surface area contributed by atoms with Gasteiger partial charge in [0, 0.05) is 12.8 Å². The Bertz CT molecular complexity index is 259. The number of hydrogen-bond donors (Lipinski definition) is 1. The molecule has 0 amide bonds. The molecule has 0 unspecified atom stereocenters. The van der Waals surface area contributed by atoms with Gasteiger partial charge >= 0.3 is 11.9 Å². The number of carboxylic acid groups (broad SMARTS) is 1. The maximum Gasteiger partial charge on any atom is 0.306 e. The van der Waals surface area contributed by atoms with Crippen molar-refractivity contribution >= 4 is 11.9 Å². The molecule has 0 saturated heterocycles. The lowest BCUT2D eigenvalue weighted by Crippen LogP contribution is -2.04. The molecule has 4 nitrogen and oxygen atoms in total. The van der Waals surface area contributed by atoms with Crippen LogP contribution in [0.3, 0.4) is 0 Å². The van der Waals surface area contributed by atoms with E-state index in [0.29, 0.717) is 19.4 Å². The highest BCUT2D eigenvalue weighted by atomic mass is 16.5. The molecular weight excluding hydrogens is 196 g/mol. The Morgan fingerprint density at radius 3 is 2.33 bits per heavy atom. The van der Waals surface area contributed by atoms with Gasteiger partial charge in [0.2, 0.25) is 0 Å². The zero-order valence-electron chi connectivity index (χ0n) is 8.91. The fourth-order valence-corrected chi connectivity index (χ4v) is 0.799. The van der Waals surface area contributed by atoms with Crippen molar-refractivity contribution in [3.8, 4) is 11.8 Å². The Balaban J connectivity index is 3.43. The number of carboxylic acids is 1. The van der Waals surface area contributed by atoms with Crippen molar-refractivity contribution in [1.82, 2.24) is 0 Å². The van der Waals surface area contributed by atoms with Crippen LogP contribution in [0.4, 0.5) is 0 Å². The highest BCUT2D eigenvalue weighted by molar-refractivity contribution is 5.69. The Morgan fingerprint density at radius 2 is 1.80 bits per heavy atom. The third kappa shape index (κ3) is 10.4. The van der Waals surface area contributed by atoms with Crippen LogP contribution in [0.2, 0.25) is 0 Å². The van der Waals surface area contributed by atoms with E-state index in [1.165, 1.54) is 0 Å². The first-order valence-corrected chi connectivity index (χ1v) is 5.00. The molecular formula is C11H16O4. The molecule has 0 spiro atoms. The van der Waals surface area contributed by atoms with E-state index < -0.39 is 5.97 Å².